The highest BCUT2D eigenvalue weighted by atomic mass is 79.9. The molecule has 0 nitrogen and oxygen atoms in total. The Morgan fingerprint density at radius 1 is 1.40 bits per heavy atom. The van der Waals surface area contributed by atoms with Crippen LogP contribution in [0.2, 0.25) is 4.34 Å². The average Bonchev–Trinajstić information content (AvgIpc) is 2.74. The van der Waals surface area contributed by atoms with E-state index in [4.69, 9.17) is 23.2 Å². The van der Waals surface area contributed by atoms with Gasteiger partial charge in [-0.05, 0) is 45.9 Å². The Morgan fingerprint density at radius 2 is 2.13 bits per heavy atom. The van der Waals surface area contributed by atoms with E-state index in [0.29, 0.717) is 0 Å². The van der Waals surface area contributed by atoms with Gasteiger partial charge in [-0.1, -0.05) is 11.6 Å². The lowest BCUT2D eigenvalue weighted by Crippen LogP contribution is -1.85. The van der Waals surface area contributed by atoms with Crippen molar-refractivity contribution in [3.8, 4) is 0 Å². The summed E-state index contributed by atoms with van der Waals surface area (Å²) < 4.78 is 1.67. The SMILES string of the molecule is Cc1cc(C(Cl)c2cc(Br)c(Cl)s2)cs1. The third-order valence-electron chi connectivity index (χ3n) is 1.96. The maximum Gasteiger partial charge on any atom is 0.107 e. The Bertz CT molecular complexity index is 456. The molecule has 2 heterocycles. The van der Waals surface area contributed by atoms with Crippen LogP contribution in [0.5, 0.6) is 0 Å². The molecule has 0 radical (unpaired) electrons. The van der Waals surface area contributed by atoms with Crippen molar-refractivity contribution in [2.75, 3.05) is 0 Å². The largest absolute Gasteiger partial charge is 0.149 e. The van der Waals surface area contributed by atoms with E-state index >= 15 is 0 Å². The summed E-state index contributed by atoms with van der Waals surface area (Å²) in [5.74, 6) is 0. The van der Waals surface area contributed by atoms with Crippen molar-refractivity contribution in [2.24, 2.45) is 0 Å². The Labute approximate surface area is 115 Å². The Kier molecular flexibility index (Phi) is 3.79. The monoisotopic (exact) mass is 340 g/mol. The van der Waals surface area contributed by atoms with Crippen LogP contribution >= 0.6 is 61.8 Å². The summed E-state index contributed by atoms with van der Waals surface area (Å²) in [7, 11) is 0. The molecule has 2 aromatic rings. The molecular formula is C10H7BrCl2S2. The third kappa shape index (κ3) is 2.59. The molecule has 0 saturated carbocycles. The van der Waals surface area contributed by atoms with Gasteiger partial charge in [-0.25, -0.2) is 0 Å². The molecule has 0 saturated heterocycles. The Balaban J connectivity index is 2.31. The maximum atomic E-state index is 6.37. The normalized spacial score (nSPS) is 13.1. The number of halogens is 3. The molecule has 80 valence electrons. The Hall–Kier alpha value is 0.460. The third-order valence-corrected chi connectivity index (χ3v) is 5.99. The van der Waals surface area contributed by atoms with Gasteiger partial charge in [-0.2, -0.15) is 0 Å². The molecule has 1 atom stereocenters. The average molecular weight is 342 g/mol. The molecule has 0 aliphatic heterocycles. The summed E-state index contributed by atoms with van der Waals surface area (Å²) in [4.78, 5) is 2.35. The fourth-order valence-corrected chi connectivity index (χ4v) is 4.12. The van der Waals surface area contributed by atoms with Crippen molar-refractivity contribution >= 4 is 61.8 Å². The molecule has 0 bridgehead atoms. The van der Waals surface area contributed by atoms with Crippen LogP contribution in [-0.4, -0.2) is 0 Å². The molecule has 1 unspecified atom stereocenters. The summed E-state index contributed by atoms with van der Waals surface area (Å²) in [5, 5.41) is 2.00. The number of aryl methyl sites for hydroxylation is 1. The summed E-state index contributed by atoms with van der Waals surface area (Å²) in [6.45, 7) is 2.08. The van der Waals surface area contributed by atoms with E-state index in [2.05, 4.69) is 34.3 Å². The van der Waals surface area contributed by atoms with Crippen LogP contribution < -0.4 is 0 Å². The predicted molar refractivity (Wildman–Crippen MR) is 73.8 cm³/mol. The molecule has 0 spiro atoms. The highest BCUT2D eigenvalue weighted by molar-refractivity contribution is 9.10. The molecule has 0 N–H and O–H groups in total. The molecule has 0 fully saturated rings. The van der Waals surface area contributed by atoms with Gasteiger partial charge >= 0.3 is 0 Å². The molecule has 0 amide bonds. The van der Waals surface area contributed by atoms with Crippen molar-refractivity contribution in [1.29, 1.82) is 0 Å². The standard InChI is InChI=1S/C10H7BrCl2S2/c1-5-2-6(4-14-5)9(12)8-3-7(11)10(13)15-8/h2-4,9H,1H3. The van der Waals surface area contributed by atoms with E-state index in [1.54, 1.807) is 11.3 Å². The molecule has 0 aliphatic rings. The first-order valence-electron chi connectivity index (χ1n) is 4.21. The Morgan fingerprint density at radius 3 is 2.60 bits per heavy atom. The first-order chi connectivity index (χ1) is 7.08. The van der Waals surface area contributed by atoms with Crippen molar-refractivity contribution < 1.29 is 0 Å². The van der Waals surface area contributed by atoms with Crippen molar-refractivity contribution in [3.05, 3.63) is 41.6 Å². The van der Waals surface area contributed by atoms with Crippen LogP contribution in [0.1, 0.15) is 20.7 Å². The summed E-state index contributed by atoms with van der Waals surface area (Å²) in [6.07, 6.45) is 0. The van der Waals surface area contributed by atoms with E-state index < -0.39 is 0 Å². The van der Waals surface area contributed by atoms with Crippen LogP contribution in [0.4, 0.5) is 0 Å². The van der Waals surface area contributed by atoms with Gasteiger partial charge in [0.2, 0.25) is 0 Å². The molecule has 0 aliphatic carbocycles. The van der Waals surface area contributed by atoms with E-state index in [-0.39, 0.29) is 5.38 Å². The lowest BCUT2D eigenvalue weighted by atomic mass is 10.2. The van der Waals surface area contributed by atoms with Crippen molar-refractivity contribution in [3.63, 3.8) is 0 Å². The molecular weight excluding hydrogens is 335 g/mol. The van der Waals surface area contributed by atoms with E-state index in [0.717, 1.165) is 19.2 Å². The number of rotatable bonds is 2. The van der Waals surface area contributed by atoms with Crippen molar-refractivity contribution in [2.45, 2.75) is 12.3 Å². The molecule has 2 aromatic heterocycles. The van der Waals surface area contributed by atoms with E-state index in [1.807, 2.05) is 6.07 Å². The predicted octanol–water partition coefficient (Wildman–Crippen LogP) is 5.86. The van der Waals surface area contributed by atoms with Gasteiger partial charge in [0.15, 0.2) is 0 Å². The smallest absolute Gasteiger partial charge is 0.107 e. The van der Waals surface area contributed by atoms with Gasteiger partial charge in [-0.3, -0.25) is 0 Å². The summed E-state index contributed by atoms with van der Waals surface area (Å²) in [6, 6.07) is 4.10. The second kappa shape index (κ2) is 4.76. The maximum absolute atomic E-state index is 6.37. The number of thiophene rings is 2. The minimum atomic E-state index is -0.0938. The highest BCUT2D eigenvalue weighted by Gasteiger charge is 2.16. The zero-order chi connectivity index (χ0) is 11.0. The minimum Gasteiger partial charge on any atom is -0.149 e. The second-order valence-corrected chi connectivity index (χ2v) is 7.22. The van der Waals surface area contributed by atoms with Gasteiger partial charge in [0.25, 0.3) is 0 Å². The lowest BCUT2D eigenvalue weighted by molar-refractivity contribution is 1.20. The molecule has 15 heavy (non-hydrogen) atoms. The first-order valence-corrected chi connectivity index (χ1v) is 7.52. The lowest BCUT2D eigenvalue weighted by Gasteiger charge is -2.03. The minimum absolute atomic E-state index is 0.0938. The molecule has 2 rings (SSSR count). The molecule has 5 heteroatoms. The van der Waals surface area contributed by atoms with Crippen molar-refractivity contribution in [1.82, 2.24) is 0 Å². The quantitative estimate of drug-likeness (QED) is 0.600. The first kappa shape index (κ1) is 11.9. The summed E-state index contributed by atoms with van der Waals surface area (Å²) >= 11 is 19.0. The van der Waals surface area contributed by atoms with Gasteiger partial charge in [0.1, 0.15) is 4.34 Å². The van der Waals surface area contributed by atoms with Gasteiger partial charge in [-0.15, -0.1) is 34.3 Å². The summed E-state index contributed by atoms with van der Waals surface area (Å²) in [5.41, 5.74) is 1.14. The zero-order valence-corrected chi connectivity index (χ0v) is 12.5. The van der Waals surface area contributed by atoms with Crippen LogP contribution in [0.3, 0.4) is 0 Å². The van der Waals surface area contributed by atoms with Crippen LogP contribution in [0.25, 0.3) is 0 Å². The fraction of sp³-hybridized carbons (Fsp3) is 0.200. The van der Waals surface area contributed by atoms with Gasteiger partial charge < -0.3 is 0 Å². The highest BCUT2D eigenvalue weighted by Crippen LogP contribution is 2.41. The number of hydrogen-bond acceptors (Lipinski definition) is 2. The molecule has 0 aromatic carbocycles. The number of hydrogen-bond donors (Lipinski definition) is 0. The van der Waals surface area contributed by atoms with Gasteiger partial charge in [0, 0.05) is 14.2 Å². The topological polar surface area (TPSA) is 0 Å². The second-order valence-electron chi connectivity index (χ2n) is 3.12. The van der Waals surface area contributed by atoms with Crippen LogP contribution in [0.15, 0.2) is 22.0 Å². The fourth-order valence-electron chi connectivity index (χ4n) is 1.25. The van der Waals surface area contributed by atoms with Gasteiger partial charge in [0.05, 0.1) is 5.38 Å². The van der Waals surface area contributed by atoms with E-state index in [1.165, 1.54) is 16.2 Å². The van der Waals surface area contributed by atoms with Crippen LogP contribution in [0, 0.1) is 6.92 Å². The van der Waals surface area contributed by atoms with Crippen LogP contribution in [-0.2, 0) is 0 Å². The van der Waals surface area contributed by atoms with E-state index in [9.17, 15) is 0 Å². The zero-order valence-electron chi connectivity index (χ0n) is 7.76. The number of alkyl halides is 1.